The van der Waals surface area contributed by atoms with Gasteiger partial charge in [0.2, 0.25) is 11.8 Å². The summed E-state index contributed by atoms with van der Waals surface area (Å²) in [5.41, 5.74) is 1.18. The Bertz CT molecular complexity index is 1340. The number of allylic oxidation sites excluding steroid dienone is 1. The van der Waals surface area contributed by atoms with Gasteiger partial charge in [-0.15, -0.1) is 0 Å². The molecule has 43 heavy (non-hydrogen) atoms. The normalized spacial score (nSPS) is 33.3. The molecule has 0 bridgehead atoms. The molecule has 0 unspecified atom stereocenters. The molecular formula is C33H43N3O7. The fourth-order valence-electron chi connectivity index (χ4n) is 7.00. The number of nitrogens with one attached hydrogen (secondary N) is 1. The van der Waals surface area contributed by atoms with Crippen molar-refractivity contribution in [2.24, 2.45) is 17.8 Å². The highest BCUT2D eigenvalue weighted by molar-refractivity contribution is 6.06. The van der Waals surface area contributed by atoms with E-state index >= 15 is 0 Å². The van der Waals surface area contributed by atoms with Crippen LogP contribution in [0.4, 0.5) is 5.69 Å². The Kier molecular flexibility index (Phi) is 8.81. The SMILES string of the molecule is CC[C@H](C)[C@H](CO)N1C(=O)[C@@H]2[C@H]3C(=O)O[C@H](C)CNC(=O)CC/C=C\[C@H]3O[C@@]23C=CCN(c2cc(C)ccc2C)C(=O)[C@@H]13. The lowest BCUT2D eigenvalue weighted by atomic mass is 9.78. The molecule has 4 aliphatic heterocycles. The summed E-state index contributed by atoms with van der Waals surface area (Å²) in [6, 6.07) is 4.13. The number of carbonyl (C=O) groups excluding carboxylic acids is 4. The van der Waals surface area contributed by atoms with E-state index in [4.69, 9.17) is 9.47 Å². The quantitative estimate of drug-likeness (QED) is 0.397. The highest BCUT2D eigenvalue weighted by Crippen LogP contribution is 2.54. The van der Waals surface area contributed by atoms with Gasteiger partial charge in [-0.1, -0.05) is 56.7 Å². The predicted molar refractivity (Wildman–Crippen MR) is 160 cm³/mol. The number of cyclic esters (lactones) is 1. The summed E-state index contributed by atoms with van der Waals surface area (Å²) in [7, 11) is 0. The number of hydrogen-bond donors (Lipinski definition) is 2. The Labute approximate surface area is 253 Å². The summed E-state index contributed by atoms with van der Waals surface area (Å²) in [4.78, 5) is 58.6. The van der Waals surface area contributed by atoms with Gasteiger partial charge in [0, 0.05) is 18.7 Å². The largest absolute Gasteiger partial charge is 0.460 e. The number of anilines is 1. The number of amides is 3. The highest BCUT2D eigenvalue weighted by Gasteiger charge is 2.72. The number of nitrogens with zero attached hydrogens (tertiary/aromatic N) is 2. The van der Waals surface area contributed by atoms with Crippen molar-refractivity contribution in [3.8, 4) is 0 Å². The molecule has 0 aromatic heterocycles. The number of aliphatic hydroxyl groups excluding tert-OH is 1. The molecule has 0 aliphatic carbocycles. The number of rotatable bonds is 5. The fourth-order valence-corrected chi connectivity index (χ4v) is 7.00. The maximum atomic E-state index is 14.8. The molecule has 2 fully saturated rings. The van der Waals surface area contributed by atoms with Gasteiger partial charge in [-0.05, 0) is 50.3 Å². The van der Waals surface area contributed by atoms with Gasteiger partial charge in [0.05, 0.1) is 31.2 Å². The third-order valence-electron chi connectivity index (χ3n) is 9.47. The Morgan fingerprint density at radius 2 is 1.91 bits per heavy atom. The second-order valence-corrected chi connectivity index (χ2v) is 12.4. The zero-order valence-electron chi connectivity index (χ0n) is 25.6. The first kappa shape index (κ1) is 30.9. The predicted octanol–water partition coefficient (Wildman–Crippen LogP) is 2.59. The van der Waals surface area contributed by atoms with E-state index in [0.29, 0.717) is 12.8 Å². The smallest absolute Gasteiger partial charge is 0.313 e. The van der Waals surface area contributed by atoms with Crippen LogP contribution in [-0.2, 0) is 28.7 Å². The van der Waals surface area contributed by atoms with E-state index in [-0.39, 0.29) is 43.8 Å². The van der Waals surface area contributed by atoms with Gasteiger partial charge in [0.15, 0.2) is 0 Å². The van der Waals surface area contributed by atoms with Crippen molar-refractivity contribution in [3.05, 3.63) is 53.6 Å². The fraction of sp³-hybridized carbons (Fsp3) is 0.576. The van der Waals surface area contributed by atoms with Crippen molar-refractivity contribution in [2.45, 2.75) is 83.8 Å². The number of esters is 1. The van der Waals surface area contributed by atoms with Gasteiger partial charge in [-0.2, -0.15) is 0 Å². The molecule has 4 aliphatic rings. The van der Waals surface area contributed by atoms with Crippen LogP contribution in [0, 0.1) is 31.6 Å². The summed E-state index contributed by atoms with van der Waals surface area (Å²) in [5.74, 6) is -3.68. The number of fused-ring (bicyclic) bond motifs is 2. The minimum atomic E-state index is -1.46. The van der Waals surface area contributed by atoms with E-state index < -0.39 is 53.6 Å². The van der Waals surface area contributed by atoms with Gasteiger partial charge >= 0.3 is 5.97 Å². The van der Waals surface area contributed by atoms with Gasteiger partial charge in [0.25, 0.3) is 5.91 Å². The van der Waals surface area contributed by atoms with E-state index in [9.17, 15) is 24.3 Å². The minimum Gasteiger partial charge on any atom is -0.460 e. The lowest BCUT2D eigenvalue weighted by molar-refractivity contribution is -0.159. The topological polar surface area (TPSA) is 125 Å². The number of likely N-dealkylation sites (tertiary alicyclic amines) is 1. The van der Waals surface area contributed by atoms with E-state index in [1.165, 1.54) is 4.90 Å². The summed E-state index contributed by atoms with van der Waals surface area (Å²) in [5, 5.41) is 13.4. The summed E-state index contributed by atoms with van der Waals surface area (Å²) in [6.07, 6.45) is 7.02. The zero-order chi connectivity index (χ0) is 31.1. The molecule has 8 atom stereocenters. The maximum Gasteiger partial charge on any atom is 0.313 e. The molecule has 1 aromatic carbocycles. The molecule has 10 heteroatoms. The van der Waals surface area contributed by atoms with Crippen molar-refractivity contribution in [3.63, 3.8) is 0 Å². The second kappa shape index (κ2) is 12.2. The Morgan fingerprint density at radius 3 is 2.63 bits per heavy atom. The van der Waals surface area contributed by atoms with E-state index in [1.54, 1.807) is 30.1 Å². The lowest BCUT2D eigenvalue weighted by Crippen LogP contribution is -2.59. The van der Waals surface area contributed by atoms with Crippen molar-refractivity contribution >= 4 is 29.4 Å². The van der Waals surface area contributed by atoms with Crippen LogP contribution in [0.25, 0.3) is 0 Å². The second-order valence-electron chi connectivity index (χ2n) is 12.4. The first-order valence-corrected chi connectivity index (χ1v) is 15.3. The molecule has 10 nitrogen and oxygen atoms in total. The van der Waals surface area contributed by atoms with E-state index in [2.05, 4.69) is 5.32 Å². The monoisotopic (exact) mass is 593 g/mol. The standard InChI is InChI=1S/C33H43N3O7/c1-6-20(3)24(18-37)36-29-31(40)35(23-16-19(2)12-13-21(23)4)15-9-14-33(29)28(30(36)39)27-25(43-33)10-7-8-11-26(38)34-17-22(5)42-32(27)41/h7,9-10,12-14,16,20,22,24-25,27-29,37H,6,8,11,15,17-18H2,1-5H3,(H,34,38)/b10-7-/t20-,22+,24-,25+,27-,28-,29+,33-/m0/s1. The zero-order valence-corrected chi connectivity index (χ0v) is 25.6. The number of hydrogen-bond acceptors (Lipinski definition) is 7. The summed E-state index contributed by atoms with van der Waals surface area (Å²) >= 11 is 0. The Balaban J connectivity index is 1.65. The van der Waals surface area contributed by atoms with Gasteiger partial charge < -0.3 is 29.7 Å². The van der Waals surface area contributed by atoms with Crippen molar-refractivity contribution in [2.75, 3.05) is 24.6 Å². The molecule has 0 saturated carbocycles. The molecule has 5 rings (SSSR count). The molecule has 232 valence electrons. The molecule has 1 aromatic rings. The number of aryl methyl sites for hydroxylation is 2. The van der Waals surface area contributed by atoms with Crippen LogP contribution >= 0.6 is 0 Å². The van der Waals surface area contributed by atoms with Crippen LogP contribution in [-0.4, -0.2) is 83.3 Å². The van der Waals surface area contributed by atoms with Crippen LogP contribution in [0.5, 0.6) is 0 Å². The molecule has 3 amide bonds. The van der Waals surface area contributed by atoms with Crippen molar-refractivity contribution in [1.82, 2.24) is 10.2 Å². The van der Waals surface area contributed by atoms with Crippen molar-refractivity contribution in [1.29, 1.82) is 0 Å². The van der Waals surface area contributed by atoms with Gasteiger partial charge in [0.1, 0.15) is 23.7 Å². The van der Waals surface area contributed by atoms with Gasteiger partial charge in [-0.3, -0.25) is 19.2 Å². The van der Waals surface area contributed by atoms with Crippen LogP contribution in [0.15, 0.2) is 42.5 Å². The average Bonchev–Trinajstić information content (AvgIpc) is 3.36. The maximum absolute atomic E-state index is 14.8. The molecule has 4 heterocycles. The highest BCUT2D eigenvalue weighted by atomic mass is 16.6. The third-order valence-corrected chi connectivity index (χ3v) is 9.47. The Morgan fingerprint density at radius 1 is 1.14 bits per heavy atom. The number of aliphatic hydroxyl groups is 1. The number of benzene rings is 1. The minimum absolute atomic E-state index is 0.124. The van der Waals surface area contributed by atoms with Crippen LogP contribution < -0.4 is 10.2 Å². The molecular weight excluding hydrogens is 550 g/mol. The first-order chi connectivity index (χ1) is 20.5. The summed E-state index contributed by atoms with van der Waals surface area (Å²) in [6.45, 7) is 9.58. The number of carbonyl (C=O) groups is 4. The van der Waals surface area contributed by atoms with Crippen molar-refractivity contribution < 1.29 is 33.8 Å². The van der Waals surface area contributed by atoms with Crippen LogP contribution in [0.3, 0.4) is 0 Å². The number of ether oxygens (including phenoxy) is 2. The average molecular weight is 594 g/mol. The molecule has 2 N–H and O–H groups in total. The molecule has 0 radical (unpaired) electrons. The van der Waals surface area contributed by atoms with Gasteiger partial charge in [-0.25, -0.2) is 0 Å². The van der Waals surface area contributed by atoms with Crippen LogP contribution in [0.1, 0.15) is 51.2 Å². The summed E-state index contributed by atoms with van der Waals surface area (Å²) < 4.78 is 12.5. The lowest BCUT2D eigenvalue weighted by Gasteiger charge is -2.40. The molecule has 2 saturated heterocycles. The van der Waals surface area contributed by atoms with E-state index in [1.807, 2.05) is 52.0 Å². The van der Waals surface area contributed by atoms with Crippen LogP contribution in [0.2, 0.25) is 0 Å². The third kappa shape index (κ3) is 5.40. The van der Waals surface area contributed by atoms with E-state index in [0.717, 1.165) is 16.8 Å². The molecule has 1 spiro atoms. The first-order valence-electron chi connectivity index (χ1n) is 15.3. The Hall–Kier alpha value is -3.50.